The summed E-state index contributed by atoms with van der Waals surface area (Å²) in [4.78, 5) is 25.0. The molecule has 0 aliphatic heterocycles. The molecule has 0 saturated carbocycles. The maximum absolute atomic E-state index is 12.6. The number of carbonyl (C=O) groups excluding carboxylic acids is 2. The van der Waals surface area contributed by atoms with Gasteiger partial charge in [0.2, 0.25) is 0 Å². The average Bonchev–Trinajstić information content (AvgIpc) is 3.03. The van der Waals surface area contributed by atoms with Crippen molar-refractivity contribution in [3.05, 3.63) is 64.0 Å². The Morgan fingerprint density at radius 3 is 2.64 bits per heavy atom. The van der Waals surface area contributed by atoms with E-state index in [0.29, 0.717) is 27.7 Å². The van der Waals surface area contributed by atoms with E-state index in [2.05, 4.69) is 16.0 Å². The largest absolute Gasteiger partial charge is 0.352 e. The molecule has 3 aromatic rings. The summed E-state index contributed by atoms with van der Waals surface area (Å²) >= 11 is 12.9. The number of thiocarbonyl (C=S) groups is 1. The van der Waals surface area contributed by atoms with Gasteiger partial charge in [-0.3, -0.25) is 14.9 Å². The minimum absolute atomic E-state index is 0.129. The van der Waals surface area contributed by atoms with Crippen LogP contribution < -0.4 is 16.0 Å². The number of rotatable bonds is 5. The Morgan fingerprint density at radius 2 is 1.89 bits per heavy atom. The van der Waals surface area contributed by atoms with Crippen LogP contribution in [0.25, 0.3) is 10.1 Å². The number of anilines is 1. The Kier molecular flexibility index (Phi) is 6.61. The molecule has 1 aromatic heterocycles. The number of hydrogen-bond acceptors (Lipinski definition) is 4. The molecule has 0 fully saturated rings. The van der Waals surface area contributed by atoms with E-state index < -0.39 is 0 Å². The van der Waals surface area contributed by atoms with Gasteiger partial charge in [0.1, 0.15) is 4.88 Å². The van der Waals surface area contributed by atoms with E-state index in [1.807, 2.05) is 31.2 Å². The zero-order chi connectivity index (χ0) is 20.1. The molecule has 28 heavy (non-hydrogen) atoms. The quantitative estimate of drug-likeness (QED) is 0.506. The highest BCUT2D eigenvalue weighted by Gasteiger charge is 2.18. The third-order valence-corrected chi connectivity index (χ3v) is 5.76. The smallest absolute Gasteiger partial charge is 0.269 e. The second-order valence-corrected chi connectivity index (χ2v) is 7.82. The number of nitrogens with one attached hydrogen (secondary N) is 3. The second-order valence-electron chi connectivity index (χ2n) is 5.99. The SMILES string of the molecule is CCCNC(=O)c1cccc(NC(=S)NC(=O)c2sc3ccccc3c2Cl)c1. The van der Waals surface area contributed by atoms with E-state index in [1.165, 1.54) is 11.3 Å². The zero-order valence-electron chi connectivity index (χ0n) is 15.0. The van der Waals surface area contributed by atoms with E-state index in [1.54, 1.807) is 24.3 Å². The molecule has 5 nitrogen and oxygen atoms in total. The highest BCUT2D eigenvalue weighted by atomic mass is 35.5. The predicted molar refractivity (Wildman–Crippen MR) is 120 cm³/mol. The lowest BCUT2D eigenvalue weighted by atomic mass is 10.2. The van der Waals surface area contributed by atoms with Crippen LogP contribution in [0.3, 0.4) is 0 Å². The molecule has 3 rings (SSSR count). The van der Waals surface area contributed by atoms with Gasteiger partial charge in [-0.25, -0.2) is 0 Å². The molecule has 2 amide bonds. The summed E-state index contributed by atoms with van der Waals surface area (Å²) in [5.74, 6) is -0.530. The molecule has 0 spiro atoms. The van der Waals surface area contributed by atoms with Gasteiger partial charge in [0.15, 0.2) is 5.11 Å². The number of thiophene rings is 1. The number of amides is 2. The number of benzene rings is 2. The average molecular weight is 432 g/mol. The summed E-state index contributed by atoms with van der Waals surface area (Å²) in [5.41, 5.74) is 1.12. The van der Waals surface area contributed by atoms with Gasteiger partial charge < -0.3 is 10.6 Å². The van der Waals surface area contributed by atoms with Crippen LogP contribution in [0, 0.1) is 0 Å². The molecule has 0 aliphatic rings. The van der Waals surface area contributed by atoms with Crippen molar-refractivity contribution >= 4 is 67.9 Å². The van der Waals surface area contributed by atoms with Crippen molar-refractivity contribution in [2.45, 2.75) is 13.3 Å². The van der Waals surface area contributed by atoms with Crippen molar-refractivity contribution in [1.29, 1.82) is 0 Å². The van der Waals surface area contributed by atoms with Gasteiger partial charge in [-0.1, -0.05) is 42.8 Å². The molecule has 0 radical (unpaired) electrons. The monoisotopic (exact) mass is 431 g/mol. The molecule has 1 heterocycles. The summed E-state index contributed by atoms with van der Waals surface area (Å²) in [6, 6.07) is 14.5. The summed E-state index contributed by atoms with van der Waals surface area (Å²) in [6.07, 6.45) is 0.861. The molecule has 0 saturated heterocycles. The van der Waals surface area contributed by atoms with Crippen molar-refractivity contribution in [3.63, 3.8) is 0 Å². The van der Waals surface area contributed by atoms with Crippen molar-refractivity contribution in [3.8, 4) is 0 Å². The third kappa shape index (κ3) is 4.67. The lowest BCUT2D eigenvalue weighted by molar-refractivity contribution is 0.0951. The van der Waals surface area contributed by atoms with Crippen LogP contribution in [0.4, 0.5) is 5.69 Å². The Labute approximate surface area is 177 Å². The fourth-order valence-corrected chi connectivity index (χ4v) is 4.18. The second kappa shape index (κ2) is 9.14. The first-order chi connectivity index (χ1) is 13.5. The number of fused-ring (bicyclic) bond motifs is 1. The van der Waals surface area contributed by atoms with Crippen LogP contribution in [-0.2, 0) is 0 Å². The molecule has 0 unspecified atom stereocenters. The summed E-state index contributed by atoms with van der Waals surface area (Å²) in [7, 11) is 0. The van der Waals surface area contributed by atoms with Gasteiger partial charge >= 0.3 is 0 Å². The van der Waals surface area contributed by atoms with E-state index in [9.17, 15) is 9.59 Å². The minimum Gasteiger partial charge on any atom is -0.352 e. The van der Waals surface area contributed by atoms with E-state index in [-0.39, 0.29) is 16.9 Å². The topological polar surface area (TPSA) is 70.2 Å². The maximum atomic E-state index is 12.6. The highest BCUT2D eigenvalue weighted by molar-refractivity contribution is 7.80. The fraction of sp³-hybridized carbons (Fsp3) is 0.150. The van der Waals surface area contributed by atoms with Crippen LogP contribution in [-0.4, -0.2) is 23.5 Å². The van der Waals surface area contributed by atoms with Crippen LogP contribution in [0.5, 0.6) is 0 Å². The molecule has 8 heteroatoms. The first-order valence-corrected chi connectivity index (χ1v) is 10.3. The van der Waals surface area contributed by atoms with Gasteiger partial charge in [-0.05, 0) is 42.9 Å². The molecule has 3 N–H and O–H groups in total. The Morgan fingerprint density at radius 1 is 1.11 bits per heavy atom. The first kappa shape index (κ1) is 20.3. The highest BCUT2D eigenvalue weighted by Crippen LogP contribution is 2.34. The lowest BCUT2D eigenvalue weighted by Gasteiger charge is -2.10. The standard InChI is InChI=1S/C20H18ClN3O2S2/c1-2-10-22-18(25)12-6-5-7-13(11-12)23-20(27)24-19(26)17-16(21)14-8-3-4-9-15(14)28-17/h3-9,11H,2,10H2,1H3,(H,22,25)(H2,23,24,26,27). The van der Waals surface area contributed by atoms with E-state index in [0.717, 1.165) is 16.5 Å². The van der Waals surface area contributed by atoms with Crippen molar-refractivity contribution in [1.82, 2.24) is 10.6 Å². The van der Waals surface area contributed by atoms with Crippen molar-refractivity contribution < 1.29 is 9.59 Å². The summed E-state index contributed by atoms with van der Waals surface area (Å²) in [5, 5.41) is 9.76. The third-order valence-electron chi connectivity index (χ3n) is 3.89. The lowest BCUT2D eigenvalue weighted by Crippen LogP contribution is -2.33. The van der Waals surface area contributed by atoms with Crippen LogP contribution in [0.15, 0.2) is 48.5 Å². The van der Waals surface area contributed by atoms with Gasteiger partial charge in [-0.2, -0.15) is 0 Å². The van der Waals surface area contributed by atoms with Crippen molar-refractivity contribution in [2.24, 2.45) is 0 Å². The fourth-order valence-electron chi connectivity index (χ4n) is 2.56. The Balaban J connectivity index is 1.67. The van der Waals surface area contributed by atoms with Crippen LogP contribution in [0.1, 0.15) is 33.4 Å². The van der Waals surface area contributed by atoms with Crippen LogP contribution in [0.2, 0.25) is 5.02 Å². The Bertz CT molecular complexity index is 1050. The summed E-state index contributed by atoms with van der Waals surface area (Å²) < 4.78 is 0.933. The Hall–Kier alpha value is -2.48. The number of halogens is 1. The van der Waals surface area contributed by atoms with Gasteiger partial charge in [-0.15, -0.1) is 11.3 Å². The van der Waals surface area contributed by atoms with Gasteiger partial charge in [0, 0.05) is 27.9 Å². The zero-order valence-corrected chi connectivity index (χ0v) is 17.4. The molecule has 0 atom stereocenters. The van der Waals surface area contributed by atoms with E-state index in [4.69, 9.17) is 23.8 Å². The molecular weight excluding hydrogens is 414 g/mol. The number of hydrogen-bond donors (Lipinski definition) is 3. The normalized spacial score (nSPS) is 10.5. The molecule has 0 bridgehead atoms. The first-order valence-electron chi connectivity index (χ1n) is 8.67. The van der Waals surface area contributed by atoms with Crippen molar-refractivity contribution in [2.75, 3.05) is 11.9 Å². The molecule has 144 valence electrons. The van der Waals surface area contributed by atoms with Gasteiger partial charge in [0.25, 0.3) is 11.8 Å². The number of carbonyl (C=O) groups is 2. The maximum Gasteiger partial charge on any atom is 0.269 e. The molecular formula is C20H18ClN3O2S2. The minimum atomic E-state index is -0.374. The van der Waals surface area contributed by atoms with Gasteiger partial charge in [0.05, 0.1) is 5.02 Å². The predicted octanol–water partition coefficient (Wildman–Crippen LogP) is 4.82. The van der Waals surface area contributed by atoms with Crippen LogP contribution >= 0.6 is 35.2 Å². The molecule has 0 aliphatic carbocycles. The molecule has 2 aromatic carbocycles. The summed E-state index contributed by atoms with van der Waals surface area (Å²) in [6.45, 7) is 2.60. The van der Waals surface area contributed by atoms with E-state index >= 15 is 0 Å².